The molecule has 0 bridgehead atoms. The number of halogens is 1. The number of rotatable bonds is 3. The molecule has 0 aliphatic rings. The fourth-order valence-electron chi connectivity index (χ4n) is 2.21. The third-order valence-corrected chi connectivity index (χ3v) is 3.33. The summed E-state index contributed by atoms with van der Waals surface area (Å²) in [6, 6.07) is 12.4. The fraction of sp³-hybridized carbons (Fsp3) is 0.125. The first-order valence-electron chi connectivity index (χ1n) is 6.64. The molecule has 0 spiro atoms. The van der Waals surface area contributed by atoms with E-state index in [9.17, 15) is 4.39 Å². The molecule has 0 radical (unpaired) electrons. The molecule has 21 heavy (non-hydrogen) atoms. The van der Waals surface area contributed by atoms with Crippen LogP contribution in [0.5, 0.6) is 0 Å². The highest BCUT2D eigenvalue weighted by Crippen LogP contribution is 2.23. The number of aromatic nitrogens is 3. The Balaban J connectivity index is 1.96. The Bertz CT molecular complexity index is 735. The van der Waals surface area contributed by atoms with Crippen molar-refractivity contribution in [2.45, 2.75) is 13.0 Å². The van der Waals surface area contributed by atoms with Crippen LogP contribution in [0, 0.1) is 12.7 Å². The van der Waals surface area contributed by atoms with Crippen molar-refractivity contribution in [1.29, 1.82) is 0 Å². The van der Waals surface area contributed by atoms with Gasteiger partial charge in [-0.05, 0) is 24.6 Å². The number of nitrogens with one attached hydrogen (secondary N) is 1. The SMILES string of the molecule is Cc1[nH]c(C(N)c2ccccc2)nc1-c1ccc(F)cn1. The number of nitrogens with two attached hydrogens (primary N) is 1. The van der Waals surface area contributed by atoms with Gasteiger partial charge in [0.2, 0.25) is 0 Å². The van der Waals surface area contributed by atoms with E-state index < -0.39 is 0 Å². The van der Waals surface area contributed by atoms with Crippen molar-refractivity contribution in [2.75, 3.05) is 0 Å². The lowest BCUT2D eigenvalue weighted by Crippen LogP contribution is -2.13. The molecule has 106 valence electrons. The van der Waals surface area contributed by atoms with Crippen LogP contribution in [0.4, 0.5) is 4.39 Å². The van der Waals surface area contributed by atoms with Crippen LogP contribution in [0.1, 0.15) is 23.1 Å². The van der Waals surface area contributed by atoms with Gasteiger partial charge in [-0.25, -0.2) is 9.37 Å². The number of aryl methyl sites for hydroxylation is 1. The Hall–Kier alpha value is -2.53. The number of nitrogens with zero attached hydrogens (tertiary/aromatic N) is 2. The highest BCUT2D eigenvalue weighted by molar-refractivity contribution is 5.57. The first-order valence-corrected chi connectivity index (χ1v) is 6.64. The van der Waals surface area contributed by atoms with Gasteiger partial charge in [-0.2, -0.15) is 0 Å². The summed E-state index contributed by atoms with van der Waals surface area (Å²) in [5, 5.41) is 0. The number of benzene rings is 1. The van der Waals surface area contributed by atoms with Gasteiger partial charge in [0.25, 0.3) is 0 Å². The summed E-state index contributed by atoms with van der Waals surface area (Å²) in [5.41, 5.74) is 9.37. The van der Waals surface area contributed by atoms with Crippen LogP contribution in [0.15, 0.2) is 48.7 Å². The molecule has 0 amide bonds. The third-order valence-electron chi connectivity index (χ3n) is 3.33. The summed E-state index contributed by atoms with van der Waals surface area (Å²) in [5.74, 6) is 0.299. The second-order valence-corrected chi connectivity index (χ2v) is 4.85. The normalized spacial score (nSPS) is 12.3. The quantitative estimate of drug-likeness (QED) is 0.776. The molecule has 5 heteroatoms. The molecular weight excluding hydrogens is 267 g/mol. The Morgan fingerprint density at radius 1 is 1.14 bits per heavy atom. The van der Waals surface area contributed by atoms with Crippen molar-refractivity contribution >= 4 is 0 Å². The van der Waals surface area contributed by atoms with E-state index in [-0.39, 0.29) is 11.9 Å². The fourth-order valence-corrected chi connectivity index (χ4v) is 2.21. The second-order valence-electron chi connectivity index (χ2n) is 4.85. The molecule has 0 aliphatic heterocycles. The molecule has 1 atom stereocenters. The summed E-state index contributed by atoms with van der Waals surface area (Å²) in [6.45, 7) is 1.90. The average molecular weight is 282 g/mol. The van der Waals surface area contributed by atoms with E-state index in [1.165, 1.54) is 12.3 Å². The van der Waals surface area contributed by atoms with E-state index in [0.29, 0.717) is 17.2 Å². The maximum absolute atomic E-state index is 12.9. The van der Waals surface area contributed by atoms with E-state index >= 15 is 0 Å². The average Bonchev–Trinajstić information content (AvgIpc) is 2.90. The minimum absolute atomic E-state index is 0.334. The standard InChI is InChI=1S/C16H15FN4/c1-10-15(13-8-7-12(17)9-19-13)21-16(20-10)14(18)11-5-3-2-4-6-11/h2-9,14H,18H2,1H3,(H,20,21). The van der Waals surface area contributed by atoms with Crippen LogP contribution in [-0.4, -0.2) is 15.0 Å². The number of hydrogen-bond donors (Lipinski definition) is 2. The van der Waals surface area contributed by atoms with E-state index in [1.54, 1.807) is 6.07 Å². The Kier molecular flexibility index (Phi) is 3.50. The zero-order valence-electron chi connectivity index (χ0n) is 11.5. The largest absolute Gasteiger partial charge is 0.344 e. The van der Waals surface area contributed by atoms with Gasteiger partial charge < -0.3 is 10.7 Å². The van der Waals surface area contributed by atoms with Gasteiger partial charge in [0.05, 0.1) is 17.9 Å². The molecule has 1 unspecified atom stereocenters. The molecule has 0 fully saturated rings. The molecule has 0 aliphatic carbocycles. The van der Waals surface area contributed by atoms with Crippen LogP contribution in [0.2, 0.25) is 0 Å². The molecule has 3 rings (SSSR count). The van der Waals surface area contributed by atoms with Crippen LogP contribution >= 0.6 is 0 Å². The Morgan fingerprint density at radius 2 is 1.90 bits per heavy atom. The maximum Gasteiger partial charge on any atom is 0.141 e. The number of aromatic amines is 1. The zero-order valence-corrected chi connectivity index (χ0v) is 11.5. The first kappa shape index (κ1) is 13.5. The minimum atomic E-state index is -0.367. The van der Waals surface area contributed by atoms with Gasteiger partial charge in [0.1, 0.15) is 17.3 Å². The molecule has 3 N–H and O–H groups in total. The van der Waals surface area contributed by atoms with E-state index in [1.807, 2.05) is 37.3 Å². The number of H-pyrrole nitrogens is 1. The highest BCUT2D eigenvalue weighted by atomic mass is 19.1. The minimum Gasteiger partial charge on any atom is -0.344 e. The summed E-state index contributed by atoms with van der Waals surface area (Å²) >= 11 is 0. The smallest absolute Gasteiger partial charge is 0.141 e. The van der Waals surface area contributed by atoms with E-state index in [4.69, 9.17) is 5.73 Å². The summed E-state index contributed by atoms with van der Waals surface area (Å²) < 4.78 is 12.9. The van der Waals surface area contributed by atoms with Crippen molar-refractivity contribution in [3.05, 3.63) is 71.6 Å². The van der Waals surface area contributed by atoms with E-state index in [0.717, 1.165) is 11.3 Å². The van der Waals surface area contributed by atoms with Crippen molar-refractivity contribution in [1.82, 2.24) is 15.0 Å². The molecule has 0 saturated heterocycles. The number of hydrogen-bond acceptors (Lipinski definition) is 3. The van der Waals surface area contributed by atoms with Gasteiger partial charge in [0, 0.05) is 5.69 Å². The lowest BCUT2D eigenvalue weighted by atomic mass is 10.1. The number of pyridine rings is 1. The van der Waals surface area contributed by atoms with Crippen molar-refractivity contribution < 1.29 is 4.39 Å². The van der Waals surface area contributed by atoms with E-state index in [2.05, 4.69) is 15.0 Å². The van der Waals surface area contributed by atoms with Gasteiger partial charge in [-0.3, -0.25) is 4.98 Å². The Labute approximate surface area is 121 Å². The summed E-state index contributed by atoms with van der Waals surface area (Å²) in [4.78, 5) is 11.8. The molecule has 3 aromatic rings. The monoisotopic (exact) mass is 282 g/mol. The van der Waals surface area contributed by atoms with Gasteiger partial charge in [-0.15, -0.1) is 0 Å². The predicted molar refractivity (Wildman–Crippen MR) is 79.0 cm³/mol. The maximum atomic E-state index is 12.9. The molecule has 0 saturated carbocycles. The molecule has 2 aromatic heterocycles. The predicted octanol–water partition coefficient (Wildman–Crippen LogP) is 2.97. The molecule has 2 heterocycles. The third kappa shape index (κ3) is 2.68. The molecule has 1 aromatic carbocycles. The highest BCUT2D eigenvalue weighted by Gasteiger charge is 2.16. The topological polar surface area (TPSA) is 67.6 Å². The lowest BCUT2D eigenvalue weighted by Gasteiger charge is -2.08. The first-order chi connectivity index (χ1) is 10.1. The van der Waals surface area contributed by atoms with Crippen LogP contribution in [-0.2, 0) is 0 Å². The van der Waals surface area contributed by atoms with Crippen LogP contribution in [0.3, 0.4) is 0 Å². The molecule has 4 nitrogen and oxygen atoms in total. The van der Waals surface area contributed by atoms with Crippen molar-refractivity contribution in [3.63, 3.8) is 0 Å². The van der Waals surface area contributed by atoms with Crippen molar-refractivity contribution in [2.24, 2.45) is 5.73 Å². The summed E-state index contributed by atoms with van der Waals surface area (Å²) in [7, 11) is 0. The van der Waals surface area contributed by atoms with Crippen LogP contribution in [0.25, 0.3) is 11.4 Å². The molecular formula is C16H15FN4. The van der Waals surface area contributed by atoms with Crippen LogP contribution < -0.4 is 5.73 Å². The van der Waals surface area contributed by atoms with Gasteiger partial charge in [-0.1, -0.05) is 30.3 Å². The zero-order chi connectivity index (χ0) is 14.8. The van der Waals surface area contributed by atoms with Crippen molar-refractivity contribution in [3.8, 4) is 11.4 Å². The van der Waals surface area contributed by atoms with Gasteiger partial charge in [0.15, 0.2) is 0 Å². The lowest BCUT2D eigenvalue weighted by molar-refractivity contribution is 0.622. The Morgan fingerprint density at radius 3 is 2.57 bits per heavy atom. The summed E-state index contributed by atoms with van der Waals surface area (Å²) in [6.07, 6.45) is 1.18. The second kappa shape index (κ2) is 5.46. The number of imidazole rings is 1. The van der Waals surface area contributed by atoms with Gasteiger partial charge >= 0.3 is 0 Å².